The van der Waals surface area contributed by atoms with Gasteiger partial charge in [0.25, 0.3) is 0 Å². The van der Waals surface area contributed by atoms with E-state index in [1.165, 1.54) is 8.47 Å². The van der Waals surface area contributed by atoms with E-state index >= 15 is 0 Å². The molecule has 1 N–H and O–H groups in total. The van der Waals surface area contributed by atoms with Crippen LogP contribution in [0.3, 0.4) is 0 Å². The predicted molar refractivity (Wildman–Crippen MR) is 71.4 cm³/mol. The Morgan fingerprint density at radius 3 is 2.33 bits per heavy atom. The molecule has 0 heterocycles. The van der Waals surface area contributed by atoms with Crippen LogP contribution < -0.4 is 0 Å². The molecule has 0 unspecified atom stereocenters. The summed E-state index contributed by atoms with van der Waals surface area (Å²) in [7, 11) is 0. The second kappa shape index (κ2) is 4.90. The number of benzene rings is 2. The van der Waals surface area contributed by atoms with Crippen LogP contribution in [-0.4, -0.2) is 5.11 Å². The Kier molecular flexibility index (Phi) is 3.53. The highest BCUT2D eigenvalue weighted by atomic mass is 127. The summed E-state index contributed by atoms with van der Waals surface area (Å²) >= 11 is 3.99. The minimum absolute atomic E-state index is 0.307. The molecule has 15 heavy (non-hydrogen) atoms. The van der Waals surface area contributed by atoms with Gasteiger partial charge in [-0.25, -0.2) is 0 Å². The topological polar surface area (TPSA) is 20.2 Å². The molecule has 0 aromatic heterocycles. The summed E-state index contributed by atoms with van der Waals surface area (Å²) in [5, 5.41) is 9.16. The van der Waals surface area contributed by atoms with Gasteiger partial charge < -0.3 is 5.11 Å². The molecule has 0 saturated heterocycles. The van der Waals surface area contributed by atoms with Crippen LogP contribution in [0, 0.1) is 3.57 Å². The molecule has 1 nitrogen and oxygen atoms in total. The van der Waals surface area contributed by atoms with Gasteiger partial charge >= 0.3 is 0 Å². The Hall–Kier alpha value is -0.680. The van der Waals surface area contributed by atoms with E-state index in [4.69, 9.17) is 5.11 Å². The standard InChI is InChI=1S/C12H9IOS/c13-9-2-1-3-12(8-9)15-11-6-4-10(14)5-7-11/h1-8,14H. The fraction of sp³-hybridized carbons (Fsp3) is 0. The van der Waals surface area contributed by atoms with Crippen molar-refractivity contribution < 1.29 is 5.11 Å². The summed E-state index contributed by atoms with van der Waals surface area (Å²) in [4.78, 5) is 2.35. The van der Waals surface area contributed by atoms with Gasteiger partial charge in [-0.3, -0.25) is 0 Å². The predicted octanol–water partition coefficient (Wildman–Crippen LogP) is 4.15. The second-order valence-corrected chi connectivity index (χ2v) is 5.45. The first kappa shape index (κ1) is 10.8. The van der Waals surface area contributed by atoms with Crippen molar-refractivity contribution in [2.45, 2.75) is 9.79 Å². The number of hydrogen-bond acceptors (Lipinski definition) is 2. The number of halogens is 1. The zero-order chi connectivity index (χ0) is 10.7. The van der Waals surface area contributed by atoms with E-state index in [0.717, 1.165) is 4.90 Å². The van der Waals surface area contributed by atoms with Crippen molar-refractivity contribution in [2.75, 3.05) is 0 Å². The van der Waals surface area contributed by atoms with Crippen LogP contribution in [0.5, 0.6) is 5.75 Å². The minimum Gasteiger partial charge on any atom is -0.508 e. The summed E-state index contributed by atoms with van der Waals surface area (Å²) < 4.78 is 1.23. The van der Waals surface area contributed by atoms with Crippen LogP contribution in [0.1, 0.15) is 0 Å². The van der Waals surface area contributed by atoms with Crippen LogP contribution in [-0.2, 0) is 0 Å². The Morgan fingerprint density at radius 1 is 0.933 bits per heavy atom. The molecule has 2 aromatic carbocycles. The number of phenolic OH excluding ortho intramolecular Hbond substituents is 1. The Labute approximate surface area is 107 Å². The van der Waals surface area contributed by atoms with E-state index in [9.17, 15) is 0 Å². The molecule has 0 spiro atoms. The Morgan fingerprint density at radius 2 is 1.67 bits per heavy atom. The SMILES string of the molecule is Oc1ccc(Sc2cccc(I)c2)cc1. The van der Waals surface area contributed by atoms with E-state index in [-0.39, 0.29) is 0 Å². The highest BCUT2D eigenvalue weighted by molar-refractivity contribution is 14.1. The fourth-order valence-electron chi connectivity index (χ4n) is 1.18. The Bertz CT molecular complexity index is 453. The molecule has 0 amide bonds. The molecule has 0 saturated carbocycles. The lowest BCUT2D eigenvalue weighted by Gasteiger charge is -2.02. The van der Waals surface area contributed by atoms with Gasteiger partial charge in [0.1, 0.15) is 5.75 Å². The number of phenols is 1. The quantitative estimate of drug-likeness (QED) is 0.836. The van der Waals surface area contributed by atoms with Gasteiger partial charge in [-0.2, -0.15) is 0 Å². The maximum absolute atomic E-state index is 9.16. The third-order valence-electron chi connectivity index (χ3n) is 1.87. The van der Waals surface area contributed by atoms with Gasteiger partial charge in [-0.05, 0) is 65.1 Å². The molecule has 0 radical (unpaired) electrons. The van der Waals surface area contributed by atoms with Crippen LogP contribution in [0.25, 0.3) is 0 Å². The van der Waals surface area contributed by atoms with E-state index in [1.807, 2.05) is 18.2 Å². The van der Waals surface area contributed by atoms with Crippen LogP contribution in [0.2, 0.25) is 0 Å². The maximum atomic E-state index is 9.16. The molecule has 0 aliphatic carbocycles. The van der Waals surface area contributed by atoms with Gasteiger partial charge in [0.2, 0.25) is 0 Å². The van der Waals surface area contributed by atoms with E-state index in [0.29, 0.717) is 5.75 Å². The zero-order valence-electron chi connectivity index (χ0n) is 7.85. The molecular formula is C12H9IOS. The van der Waals surface area contributed by atoms with Crippen LogP contribution in [0.15, 0.2) is 58.3 Å². The van der Waals surface area contributed by atoms with Crippen molar-refractivity contribution in [1.82, 2.24) is 0 Å². The fourth-order valence-corrected chi connectivity index (χ4v) is 2.81. The van der Waals surface area contributed by atoms with Crippen LogP contribution in [0.4, 0.5) is 0 Å². The number of aromatic hydroxyl groups is 1. The molecule has 76 valence electrons. The van der Waals surface area contributed by atoms with Crippen molar-refractivity contribution in [2.24, 2.45) is 0 Å². The lowest BCUT2D eigenvalue weighted by Crippen LogP contribution is -1.75. The first-order chi connectivity index (χ1) is 7.24. The number of hydrogen-bond donors (Lipinski definition) is 1. The maximum Gasteiger partial charge on any atom is 0.115 e. The summed E-state index contributed by atoms with van der Waals surface area (Å²) in [6.45, 7) is 0. The van der Waals surface area contributed by atoms with Crippen molar-refractivity contribution in [3.63, 3.8) is 0 Å². The molecule has 2 rings (SSSR count). The summed E-state index contributed by atoms with van der Waals surface area (Å²) in [6.07, 6.45) is 0. The van der Waals surface area contributed by atoms with Gasteiger partial charge in [-0.1, -0.05) is 17.8 Å². The third-order valence-corrected chi connectivity index (χ3v) is 3.54. The lowest BCUT2D eigenvalue weighted by molar-refractivity contribution is 0.475. The molecule has 0 fully saturated rings. The summed E-state index contributed by atoms with van der Waals surface area (Å²) in [5.41, 5.74) is 0. The molecule has 0 aliphatic rings. The minimum atomic E-state index is 0.307. The van der Waals surface area contributed by atoms with Crippen LogP contribution >= 0.6 is 34.4 Å². The van der Waals surface area contributed by atoms with Crippen molar-refractivity contribution in [3.05, 3.63) is 52.1 Å². The van der Waals surface area contributed by atoms with Gasteiger partial charge in [0.05, 0.1) is 0 Å². The van der Waals surface area contributed by atoms with Crippen molar-refractivity contribution in [3.8, 4) is 5.75 Å². The smallest absolute Gasteiger partial charge is 0.115 e. The first-order valence-corrected chi connectivity index (χ1v) is 6.36. The average Bonchev–Trinajstić information content (AvgIpc) is 2.22. The Balaban J connectivity index is 2.18. The summed E-state index contributed by atoms with van der Waals surface area (Å²) in [5.74, 6) is 0.307. The van der Waals surface area contributed by atoms with Gasteiger partial charge in [0.15, 0.2) is 0 Å². The van der Waals surface area contributed by atoms with E-state index < -0.39 is 0 Å². The average molecular weight is 328 g/mol. The molecule has 0 atom stereocenters. The molecule has 0 bridgehead atoms. The van der Waals surface area contributed by atoms with Crippen molar-refractivity contribution >= 4 is 34.4 Å². The largest absolute Gasteiger partial charge is 0.508 e. The zero-order valence-corrected chi connectivity index (χ0v) is 10.8. The first-order valence-electron chi connectivity index (χ1n) is 4.46. The highest BCUT2D eigenvalue weighted by Gasteiger charge is 1.97. The molecular weight excluding hydrogens is 319 g/mol. The number of rotatable bonds is 2. The van der Waals surface area contributed by atoms with Crippen molar-refractivity contribution in [1.29, 1.82) is 0 Å². The third kappa shape index (κ3) is 3.14. The molecule has 3 heteroatoms. The molecule has 2 aromatic rings. The van der Waals surface area contributed by atoms with Gasteiger partial charge in [0, 0.05) is 13.4 Å². The molecule has 0 aliphatic heterocycles. The summed E-state index contributed by atoms with van der Waals surface area (Å²) in [6, 6.07) is 15.6. The monoisotopic (exact) mass is 328 g/mol. The van der Waals surface area contributed by atoms with E-state index in [1.54, 1.807) is 23.9 Å². The van der Waals surface area contributed by atoms with E-state index in [2.05, 4.69) is 40.8 Å². The second-order valence-electron chi connectivity index (χ2n) is 3.05. The highest BCUT2D eigenvalue weighted by Crippen LogP contribution is 2.29. The van der Waals surface area contributed by atoms with Gasteiger partial charge in [-0.15, -0.1) is 0 Å². The normalized spacial score (nSPS) is 10.2. The lowest BCUT2D eigenvalue weighted by atomic mass is 10.3.